The van der Waals surface area contributed by atoms with Crippen LogP contribution in [0.25, 0.3) is 16.6 Å². The number of benzene rings is 1. The van der Waals surface area contributed by atoms with Gasteiger partial charge in [-0.15, -0.1) is 5.10 Å². The van der Waals surface area contributed by atoms with Crippen molar-refractivity contribution in [1.29, 1.82) is 0 Å². The Kier molecular flexibility index (Phi) is 4.29. The van der Waals surface area contributed by atoms with Crippen LogP contribution in [-0.4, -0.2) is 29.9 Å². The second-order valence-corrected chi connectivity index (χ2v) is 7.66. The van der Waals surface area contributed by atoms with Crippen molar-refractivity contribution in [3.05, 3.63) is 56.8 Å². The number of nitrogens with one attached hydrogen (secondary N) is 1. The number of aryl methyl sites for hydroxylation is 5. The first-order valence-corrected chi connectivity index (χ1v) is 9.47. The SMILES string of the molecule is Cc1cc(C)c2c(c1)cc(C)c1nn(CC(=O)Nc3c(C)nn(C)c3C)c(=O)n12. The van der Waals surface area contributed by atoms with Crippen LogP contribution in [0.3, 0.4) is 0 Å². The van der Waals surface area contributed by atoms with E-state index >= 15 is 0 Å². The summed E-state index contributed by atoms with van der Waals surface area (Å²) in [6.07, 6.45) is 0. The maximum atomic E-state index is 13.1. The van der Waals surface area contributed by atoms with Crippen molar-refractivity contribution >= 4 is 28.1 Å². The van der Waals surface area contributed by atoms with Crippen LogP contribution in [0.1, 0.15) is 28.1 Å². The summed E-state index contributed by atoms with van der Waals surface area (Å²) in [5, 5.41) is 12.6. The summed E-state index contributed by atoms with van der Waals surface area (Å²) >= 11 is 0. The van der Waals surface area contributed by atoms with Crippen molar-refractivity contribution in [3.8, 4) is 0 Å². The van der Waals surface area contributed by atoms with E-state index in [9.17, 15) is 9.59 Å². The first-order valence-electron chi connectivity index (χ1n) is 9.47. The third-order valence-electron chi connectivity index (χ3n) is 5.33. The molecule has 8 heteroatoms. The van der Waals surface area contributed by atoms with Crippen LogP contribution in [0.5, 0.6) is 0 Å². The van der Waals surface area contributed by atoms with Crippen LogP contribution in [0.15, 0.2) is 23.0 Å². The highest BCUT2D eigenvalue weighted by Gasteiger charge is 2.18. The van der Waals surface area contributed by atoms with Gasteiger partial charge in [0.05, 0.1) is 22.6 Å². The van der Waals surface area contributed by atoms with E-state index < -0.39 is 0 Å². The average molecular weight is 392 g/mol. The van der Waals surface area contributed by atoms with Gasteiger partial charge in [-0.05, 0) is 63.3 Å². The maximum absolute atomic E-state index is 13.1. The van der Waals surface area contributed by atoms with Crippen LogP contribution >= 0.6 is 0 Å². The number of amides is 1. The molecule has 150 valence electrons. The maximum Gasteiger partial charge on any atom is 0.351 e. The molecule has 3 aromatic heterocycles. The molecule has 0 bridgehead atoms. The second kappa shape index (κ2) is 6.58. The van der Waals surface area contributed by atoms with Gasteiger partial charge in [0.15, 0.2) is 5.65 Å². The van der Waals surface area contributed by atoms with E-state index in [1.54, 1.807) is 9.08 Å². The zero-order chi connectivity index (χ0) is 21.0. The fourth-order valence-corrected chi connectivity index (χ4v) is 3.94. The largest absolute Gasteiger partial charge is 0.351 e. The van der Waals surface area contributed by atoms with Gasteiger partial charge in [-0.2, -0.15) is 5.10 Å². The Hall–Kier alpha value is -3.42. The molecule has 0 radical (unpaired) electrons. The predicted molar refractivity (Wildman–Crippen MR) is 112 cm³/mol. The summed E-state index contributed by atoms with van der Waals surface area (Å²) in [7, 11) is 1.82. The summed E-state index contributed by atoms with van der Waals surface area (Å²) in [5.41, 5.74) is 6.34. The minimum atomic E-state index is -0.324. The number of nitrogens with zero attached hydrogens (tertiary/aromatic N) is 5. The van der Waals surface area contributed by atoms with Gasteiger partial charge in [-0.3, -0.25) is 9.48 Å². The molecule has 29 heavy (non-hydrogen) atoms. The van der Waals surface area contributed by atoms with Crippen molar-refractivity contribution in [2.45, 2.75) is 41.2 Å². The highest BCUT2D eigenvalue weighted by molar-refractivity contribution is 5.92. The first-order chi connectivity index (χ1) is 13.7. The molecule has 8 nitrogen and oxygen atoms in total. The van der Waals surface area contributed by atoms with E-state index in [0.29, 0.717) is 11.3 Å². The highest BCUT2D eigenvalue weighted by atomic mass is 16.2. The Morgan fingerprint density at radius 3 is 2.41 bits per heavy atom. The lowest BCUT2D eigenvalue weighted by Crippen LogP contribution is -2.28. The third kappa shape index (κ3) is 3.00. The molecule has 1 N–H and O–H groups in total. The first kappa shape index (κ1) is 18.9. The number of pyridine rings is 1. The zero-order valence-electron chi connectivity index (χ0n) is 17.5. The number of carbonyl (C=O) groups is 1. The van der Waals surface area contributed by atoms with E-state index in [1.807, 2.05) is 53.8 Å². The smallest absolute Gasteiger partial charge is 0.321 e. The molecule has 0 aliphatic carbocycles. The molecule has 1 amide bonds. The number of hydrogen-bond acceptors (Lipinski definition) is 4. The Bertz CT molecular complexity index is 1360. The normalized spacial score (nSPS) is 11.5. The number of fused-ring (bicyclic) bond motifs is 3. The third-order valence-corrected chi connectivity index (χ3v) is 5.33. The molecule has 0 fully saturated rings. The van der Waals surface area contributed by atoms with Crippen LogP contribution in [0.4, 0.5) is 5.69 Å². The zero-order valence-corrected chi connectivity index (χ0v) is 17.5. The monoisotopic (exact) mass is 392 g/mol. The minimum absolute atomic E-state index is 0.167. The van der Waals surface area contributed by atoms with Crippen LogP contribution in [0, 0.1) is 34.6 Å². The lowest BCUT2D eigenvalue weighted by molar-refractivity contribution is -0.117. The molecule has 0 aliphatic rings. The summed E-state index contributed by atoms with van der Waals surface area (Å²) in [6.45, 7) is 9.48. The van der Waals surface area contributed by atoms with Crippen molar-refractivity contribution < 1.29 is 4.79 Å². The molecule has 0 spiro atoms. The second-order valence-electron chi connectivity index (χ2n) is 7.66. The average Bonchev–Trinajstić information content (AvgIpc) is 3.07. The van der Waals surface area contributed by atoms with Gasteiger partial charge in [0, 0.05) is 7.05 Å². The Balaban J connectivity index is 1.78. The molecule has 3 heterocycles. The number of aromatic nitrogens is 5. The Morgan fingerprint density at radius 1 is 1.03 bits per heavy atom. The number of anilines is 1. The summed E-state index contributed by atoms with van der Waals surface area (Å²) in [6, 6.07) is 6.13. The standard InChI is InChI=1S/C21H24N6O2/c1-11-7-12(2)19-16(8-11)9-13(3)20-24-26(21(29)27(19)20)10-17(28)22-18-14(4)23-25(6)15(18)5/h7-9H,10H2,1-6H3,(H,22,28). The van der Waals surface area contributed by atoms with Crippen molar-refractivity contribution in [2.75, 3.05) is 5.32 Å². The highest BCUT2D eigenvalue weighted by Crippen LogP contribution is 2.23. The fourth-order valence-electron chi connectivity index (χ4n) is 3.94. The molecule has 0 saturated carbocycles. The van der Waals surface area contributed by atoms with Gasteiger partial charge in [-0.1, -0.05) is 11.6 Å². The molecule has 4 aromatic rings. The van der Waals surface area contributed by atoms with Gasteiger partial charge < -0.3 is 5.32 Å². The van der Waals surface area contributed by atoms with Gasteiger partial charge in [0.1, 0.15) is 6.54 Å². The molecule has 0 aliphatic heterocycles. The van der Waals surface area contributed by atoms with E-state index in [1.165, 1.54) is 4.68 Å². The van der Waals surface area contributed by atoms with Gasteiger partial charge in [0.2, 0.25) is 5.91 Å². The summed E-state index contributed by atoms with van der Waals surface area (Å²) < 4.78 is 4.53. The number of carbonyl (C=O) groups excluding carboxylic acids is 1. The molecule has 0 atom stereocenters. The molecular formula is C21H24N6O2. The molecular weight excluding hydrogens is 368 g/mol. The number of rotatable bonds is 3. The van der Waals surface area contributed by atoms with Crippen LogP contribution in [0.2, 0.25) is 0 Å². The minimum Gasteiger partial charge on any atom is -0.321 e. The molecule has 1 aromatic carbocycles. The van der Waals surface area contributed by atoms with E-state index in [0.717, 1.165) is 39.0 Å². The van der Waals surface area contributed by atoms with Crippen molar-refractivity contribution in [1.82, 2.24) is 24.0 Å². The number of hydrogen-bond donors (Lipinski definition) is 1. The lowest BCUT2D eigenvalue weighted by atomic mass is 10.1. The predicted octanol–water partition coefficient (Wildman–Crippen LogP) is 2.56. The van der Waals surface area contributed by atoms with Gasteiger partial charge in [-0.25, -0.2) is 13.9 Å². The van der Waals surface area contributed by atoms with E-state index in [2.05, 4.69) is 21.6 Å². The Morgan fingerprint density at radius 2 is 1.76 bits per heavy atom. The van der Waals surface area contributed by atoms with Crippen molar-refractivity contribution in [3.63, 3.8) is 0 Å². The Labute approximate surface area is 167 Å². The molecule has 4 rings (SSSR count). The molecule has 0 saturated heterocycles. The summed E-state index contributed by atoms with van der Waals surface area (Å²) in [4.78, 5) is 25.8. The van der Waals surface area contributed by atoms with Gasteiger partial charge in [0.25, 0.3) is 0 Å². The van der Waals surface area contributed by atoms with E-state index in [-0.39, 0.29) is 18.1 Å². The molecule has 0 unspecified atom stereocenters. The fraction of sp³-hybridized carbons (Fsp3) is 0.333. The lowest BCUT2D eigenvalue weighted by Gasteiger charge is -2.08. The van der Waals surface area contributed by atoms with Crippen LogP contribution < -0.4 is 11.0 Å². The van der Waals surface area contributed by atoms with Crippen LogP contribution in [-0.2, 0) is 18.4 Å². The quantitative estimate of drug-likeness (QED) is 0.581. The van der Waals surface area contributed by atoms with Crippen molar-refractivity contribution in [2.24, 2.45) is 7.05 Å². The van der Waals surface area contributed by atoms with E-state index in [4.69, 9.17) is 0 Å². The summed E-state index contributed by atoms with van der Waals surface area (Å²) in [5.74, 6) is -0.316. The topological polar surface area (TPSA) is 86.2 Å². The van der Waals surface area contributed by atoms with Gasteiger partial charge >= 0.3 is 5.69 Å².